The van der Waals surface area contributed by atoms with Gasteiger partial charge in [-0.25, -0.2) is 0 Å². The van der Waals surface area contributed by atoms with E-state index < -0.39 is 5.51 Å². The molecule has 0 aromatic heterocycles. The molecule has 0 radical (unpaired) electrons. The number of benzene rings is 1. The van der Waals surface area contributed by atoms with E-state index in [1.165, 1.54) is 38.5 Å². The second-order valence-electron chi connectivity index (χ2n) is 5.21. The molecule has 1 unspecified atom stereocenters. The Bertz CT molecular complexity index is 394. The molecule has 1 aromatic rings. The van der Waals surface area contributed by atoms with E-state index in [2.05, 4.69) is 45.4 Å². The number of rotatable bonds is 1. The third-order valence-corrected chi connectivity index (χ3v) is 13.8. The van der Waals surface area contributed by atoms with Gasteiger partial charge in [-0.05, 0) is 0 Å². The fourth-order valence-corrected chi connectivity index (χ4v) is 11.3. The van der Waals surface area contributed by atoms with Gasteiger partial charge in [0.05, 0.1) is 0 Å². The Labute approximate surface area is 106 Å². The molecule has 2 heterocycles. The van der Waals surface area contributed by atoms with Crippen LogP contribution in [-0.4, -0.2) is 26.4 Å². The first-order chi connectivity index (χ1) is 7.82. The predicted molar refractivity (Wildman–Crippen MR) is 74.0 cm³/mol. The Kier molecular flexibility index (Phi) is 3.13. The summed E-state index contributed by atoms with van der Waals surface area (Å²) in [4.78, 5) is 0. The van der Waals surface area contributed by atoms with Crippen LogP contribution >= 0.6 is 5.51 Å². The Morgan fingerprint density at radius 3 is 2.00 bits per heavy atom. The predicted octanol–water partition coefficient (Wildman–Crippen LogP) is 3.52. The van der Waals surface area contributed by atoms with Crippen molar-refractivity contribution in [3.63, 3.8) is 0 Å². The van der Waals surface area contributed by atoms with Gasteiger partial charge in [-0.15, -0.1) is 0 Å². The van der Waals surface area contributed by atoms with E-state index in [-0.39, 0.29) is 0 Å². The van der Waals surface area contributed by atoms with Crippen molar-refractivity contribution in [2.24, 2.45) is 0 Å². The van der Waals surface area contributed by atoms with Gasteiger partial charge in [0, 0.05) is 0 Å². The molecule has 16 heavy (non-hydrogen) atoms. The first-order valence-corrected chi connectivity index (χ1v) is 10.6. The van der Waals surface area contributed by atoms with Crippen LogP contribution in [-0.2, 0) is 0 Å². The fourth-order valence-electron chi connectivity index (χ4n) is 3.58. The SMILES string of the molecule is [Se]=P1(c2ccccc2)[C@@H]2CCCC[C@H]1CC2. The van der Waals surface area contributed by atoms with E-state index in [0.717, 1.165) is 11.3 Å². The van der Waals surface area contributed by atoms with Gasteiger partial charge in [0.1, 0.15) is 0 Å². The van der Waals surface area contributed by atoms with Gasteiger partial charge in [0.15, 0.2) is 0 Å². The standard InChI is InChI=1S/C14H19PSe/c16-15(12-6-2-1-3-7-12)13-8-4-5-9-14(15)11-10-13/h1-3,6-7,13-14H,4-5,8-11H2/t13-,14+,15?. The van der Waals surface area contributed by atoms with Gasteiger partial charge in [-0.2, -0.15) is 0 Å². The number of hydrogen-bond donors (Lipinski definition) is 0. The van der Waals surface area contributed by atoms with Crippen LogP contribution in [0.2, 0.25) is 0 Å². The second kappa shape index (κ2) is 4.45. The molecule has 0 amide bonds. The van der Waals surface area contributed by atoms with Crippen LogP contribution in [0.3, 0.4) is 0 Å². The average molecular weight is 297 g/mol. The quantitative estimate of drug-likeness (QED) is 0.549. The van der Waals surface area contributed by atoms with Crippen LogP contribution in [0.15, 0.2) is 30.3 Å². The van der Waals surface area contributed by atoms with E-state index >= 15 is 0 Å². The van der Waals surface area contributed by atoms with E-state index in [0.29, 0.717) is 0 Å². The van der Waals surface area contributed by atoms with Gasteiger partial charge in [0.25, 0.3) is 0 Å². The van der Waals surface area contributed by atoms with Gasteiger partial charge in [-0.3, -0.25) is 0 Å². The molecule has 0 nitrogen and oxygen atoms in total. The van der Waals surface area contributed by atoms with Crippen molar-refractivity contribution in [3.05, 3.63) is 30.3 Å². The van der Waals surface area contributed by atoms with Gasteiger partial charge < -0.3 is 0 Å². The summed E-state index contributed by atoms with van der Waals surface area (Å²) in [5, 5.41) is 1.66. The summed E-state index contributed by atoms with van der Waals surface area (Å²) in [6, 6.07) is 11.3. The molecule has 1 aromatic carbocycles. The summed E-state index contributed by atoms with van der Waals surface area (Å²) in [6.45, 7) is 0. The first-order valence-electron chi connectivity index (χ1n) is 6.47. The number of fused-ring (bicyclic) bond motifs is 2. The van der Waals surface area contributed by atoms with Gasteiger partial charge in [-0.1, -0.05) is 0 Å². The summed E-state index contributed by atoms with van der Waals surface area (Å²) in [5.41, 5.74) is 1.05. The summed E-state index contributed by atoms with van der Waals surface area (Å²) in [6.07, 6.45) is 8.87. The summed E-state index contributed by atoms with van der Waals surface area (Å²) in [5.74, 6) is 0. The summed E-state index contributed by atoms with van der Waals surface area (Å²) >= 11 is 3.72. The van der Waals surface area contributed by atoms with Crippen LogP contribution in [0.4, 0.5) is 0 Å². The zero-order chi connectivity index (χ0) is 11.0. The molecule has 0 saturated carbocycles. The Hall–Kier alpha value is 0.169. The molecule has 2 fully saturated rings. The number of hydrogen-bond acceptors (Lipinski definition) is 0. The van der Waals surface area contributed by atoms with Crippen molar-refractivity contribution >= 4 is 25.9 Å². The molecular weight excluding hydrogens is 278 g/mol. The summed E-state index contributed by atoms with van der Waals surface area (Å²) < 4.78 is 0. The second-order valence-corrected chi connectivity index (χ2v) is 12.4. The van der Waals surface area contributed by atoms with Crippen LogP contribution in [0.1, 0.15) is 38.5 Å². The van der Waals surface area contributed by atoms with Crippen molar-refractivity contribution in [3.8, 4) is 0 Å². The molecule has 0 aliphatic carbocycles. The molecular formula is C14H19PSe. The molecule has 2 heteroatoms. The van der Waals surface area contributed by atoms with E-state index in [1.54, 1.807) is 5.30 Å². The fraction of sp³-hybridized carbons (Fsp3) is 0.571. The maximum atomic E-state index is 3.72. The van der Waals surface area contributed by atoms with Crippen LogP contribution in [0, 0.1) is 0 Å². The van der Waals surface area contributed by atoms with Crippen molar-refractivity contribution in [1.82, 2.24) is 0 Å². The van der Waals surface area contributed by atoms with Crippen molar-refractivity contribution < 1.29 is 0 Å². The molecule has 2 aliphatic rings. The molecule has 86 valence electrons. The van der Waals surface area contributed by atoms with E-state index in [1.807, 2.05) is 0 Å². The molecule has 0 N–H and O–H groups in total. The molecule has 2 bridgehead atoms. The average Bonchev–Trinajstić information content (AvgIpc) is 2.50. The van der Waals surface area contributed by atoms with Crippen molar-refractivity contribution in [1.29, 1.82) is 0 Å². The van der Waals surface area contributed by atoms with Crippen LogP contribution in [0.25, 0.3) is 0 Å². The van der Waals surface area contributed by atoms with E-state index in [9.17, 15) is 0 Å². The van der Waals surface area contributed by atoms with Gasteiger partial charge >= 0.3 is 106 Å². The molecule has 2 saturated heterocycles. The van der Waals surface area contributed by atoms with Crippen molar-refractivity contribution in [2.45, 2.75) is 49.8 Å². The third-order valence-electron chi connectivity index (χ3n) is 4.40. The van der Waals surface area contributed by atoms with Crippen molar-refractivity contribution in [2.75, 3.05) is 0 Å². The molecule has 2 aliphatic heterocycles. The molecule has 3 atom stereocenters. The molecule has 3 rings (SSSR count). The van der Waals surface area contributed by atoms with Crippen LogP contribution < -0.4 is 5.30 Å². The monoisotopic (exact) mass is 298 g/mol. The minimum atomic E-state index is -0.955. The topological polar surface area (TPSA) is 0 Å². The summed E-state index contributed by atoms with van der Waals surface area (Å²) in [7, 11) is 0. The van der Waals surface area contributed by atoms with Crippen LogP contribution in [0.5, 0.6) is 0 Å². The zero-order valence-electron chi connectivity index (χ0n) is 9.64. The van der Waals surface area contributed by atoms with Gasteiger partial charge in [0.2, 0.25) is 0 Å². The minimum absolute atomic E-state index is 0.955. The Balaban J connectivity index is 2.06. The molecule has 0 spiro atoms. The Morgan fingerprint density at radius 1 is 0.875 bits per heavy atom. The Morgan fingerprint density at radius 2 is 1.44 bits per heavy atom. The third kappa shape index (κ3) is 1.69. The zero-order valence-corrected chi connectivity index (χ0v) is 12.2. The maximum absolute atomic E-state index is 3.72. The first kappa shape index (κ1) is 11.3. The normalized spacial score (nSPS) is 38.2. The van der Waals surface area contributed by atoms with E-state index in [4.69, 9.17) is 0 Å².